The fourth-order valence-corrected chi connectivity index (χ4v) is 3.13. The molecule has 2 heterocycles. The summed E-state index contributed by atoms with van der Waals surface area (Å²) in [4.78, 5) is 30.7. The lowest BCUT2D eigenvalue weighted by Gasteiger charge is -2.26. The van der Waals surface area contributed by atoms with Crippen molar-refractivity contribution in [2.75, 3.05) is 10.6 Å². The molecule has 160 valence electrons. The Morgan fingerprint density at radius 3 is 2.50 bits per heavy atom. The van der Waals surface area contributed by atoms with Crippen LogP contribution in [0.15, 0.2) is 18.3 Å². The number of amides is 2. The maximum absolute atomic E-state index is 14.6. The van der Waals surface area contributed by atoms with Crippen molar-refractivity contribution in [3.8, 4) is 0 Å². The van der Waals surface area contributed by atoms with Gasteiger partial charge in [-0.3, -0.25) is 9.78 Å². The van der Waals surface area contributed by atoms with Gasteiger partial charge in [0.05, 0.1) is 29.2 Å². The highest BCUT2D eigenvalue weighted by molar-refractivity contribution is 5.98. The van der Waals surface area contributed by atoms with E-state index >= 15 is 0 Å². The molecule has 2 aromatic heterocycles. The van der Waals surface area contributed by atoms with Gasteiger partial charge in [0.25, 0.3) is 5.91 Å². The molecule has 1 aliphatic carbocycles. The lowest BCUT2D eigenvalue weighted by molar-refractivity contribution is 0.100. The first-order valence-corrected chi connectivity index (χ1v) is 9.31. The lowest BCUT2D eigenvalue weighted by Crippen LogP contribution is -2.45. The number of hydrogen-bond donors (Lipinski definition) is 5. The van der Waals surface area contributed by atoms with Crippen LogP contribution in [-0.4, -0.2) is 39.2 Å². The summed E-state index contributed by atoms with van der Waals surface area (Å²) in [5, 5.41) is 17.0. The minimum Gasteiger partial charge on any atom is -0.465 e. The molecule has 9 nitrogen and oxygen atoms in total. The predicted molar refractivity (Wildman–Crippen MR) is 106 cm³/mol. The second-order valence-corrected chi connectivity index (χ2v) is 7.24. The zero-order chi connectivity index (χ0) is 22.0. The van der Waals surface area contributed by atoms with Crippen LogP contribution in [0.3, 0.4) is 0 Å². The molecule has 11 heteroatoms. The average molecular weight is 420 g/mol. The molecule has 0 saturated heterocycles. The van der Waals surface area contributed by atoms with Crippen LogP contribution in [-0.2, 0) is 0 Å². The van der Waals surface area contributed by atoms with Crippen LogP contribution in [0.25, 0.3) is 0 Å². The number of carboxylic acid groups (broad SMARTS) is 1. The minimum atomic E-state index is -1.19. The van der Waals surface area contributed by atoms with Gasteiger partial charge in [0, 0.05) is 12.1 Å². The first kappa shape index (κ1) is 21.2. The van der Waals surface area contributed by atoms with E-state index in [2.05, 4.69) is 25.9 Å². The molecule has 6 N–H and O–H groups in total. The van der Waals surface area contributed by atoms with Gasteiger partial charge in [-0.1, -0.05) is 0 Å². The largest absolute Gasteiger partial charge is 0.465 e. The molecule has 3 rings (SSSR count). The third-order valence-corrected chi connectivity index (χ3v) is 4.85. The Morgan fingerprint density at radius 2 is 1.93 bits per heavy atom. The number of primary amides is 1. The molecule has 2 aromatic rings. The number of carbonyl (C=O) groups excluding carboxylic acids is 1. The maximum atomic E-state index is 14.6. The van der Waals surface area contributed by atoms with Crippen molar-refractivity contribution in [1.82, 2.24) is 15.3 Å². The Hall–Kier alpha value is -3.50. The molecule has 0 radical (unpaired) electrons. The number of pyridine rings is 2. The van der Waals surface area contributed by atoms with Crippen molar-refractivity contribution in [2.24, 2.45) is 11.7 Å². The van der Waals surface area contributed by atoms with E-state index in [9.17, 15) is 18.4 Å². The number of carbonyl (C=O) groups is 2. The van der Waals surface area contributed by atoms with Gasteiger partial charge >= 0.3 is 6.09 Å². The van der Waals surface area contributed by atoms with Crippen LogP contribution in [0.1, 0.15) is 35.8 Å². The molecule has 2 atom stereocenters. The SMILES string of the molecule is Cc1ncc(Nc2nc(N[C@H](C3CC3)[C@H](C)NC(=O)O)c(F)cc2C(N)=O)cc1F. The van der Waals surface area contributed by atoms with Gasteiger partial charge in [0.15, 0.2) is 11.6 Å². The Morgan fingerprint density at radius 1 is 1.23 bits per heavy atom. The summed E-state index contributed by atoms with van der Waals surface area (Å²) >= 11 is 0. The number of aryl methyl sites for hydroxylation is 1. The molecule has 0 aliphatic heterocycles. The average Bonchev–Trinajstić information content (AvgIpc) is 3.48. The number of nitrogens with zero attached hydrogens (tertiary/aromatic N) is 2. The summed E-state index contributed by atoms with van der Waals surface area (Å²) in [5.41, 5.74) is 5.50. The summed E-state index contributed by atoms with van der Waals surface area (Å²) in [7, 11) is 0. The summed E-state index contributed by atoms with van der Waals surface area (Å²) in [5.74, 6) is -2.42. The molecule has 1 saturated carbocycles. The molecular formula is C19H22F2N6O3. The normalized spacial score (nSPS) is 15.2. The van der Waals surface area contributed by atoms with Crippen molar-refractivity contribution >= 4 is 29.3 Å². The molecule has 2 amide bonds. The van der Waals surface area contributed by atoms with E-state index in [1.165, 1.54) is 13.1 Å². The number of anilines is 3. The van der Waals surface area contributed by atoms with E-state index < -0.39 is 35.7 Å². The summed E-state index contributed by atoms with van der Waals surface area (Å²) in [6.07, 6.45) is 1.88. The van der Waals surface area contributed by atoms with Crippen LogP contribution >= 0.6 is 0 Å². The molecule has 1 aliphatic rings. The van der Waals surface area contributed by atoms with Gasteiger partial charge in [0.1, 0.15) is 11.6 Å². The van der Waals surface area contributed by atoms with E-state index in [0.717, 1.165) is 25.0 Å². The van der Waals surface area contributed by atoms with E-state index in [-0.39, 0.29) is 34.5 Å². The van der Waals surface area contributed by atoms with Crippen LogP contribution in [0.5, 0.6) is 0 Å². The first-order valence-electron chi connectivity index (χ1n) is 9.31. The van der Waals surface area contributed by atoms with Crippen molar-refractivity contribution < 1.29 is 23.5 Å². The maximum Gasteiger partial charge on any atom is 0.404 e. The Bertz CT molecular complexity index is 983. The van der Waals surface area contributed by atoms with Gasteiger partial charge in [-0.25, -0.2) is 18.6 Å². The fraction of sp³-hybridized carbons (Fsp3) is 0.368. The molecule has 0 unspecified atom stereocenters. The van der Waals surface area contributed by atoms with E-state index in [1.807, 2.05) is 0 Å². The van der Waals surface area contributed by atoms with E-state index in [4.69, 9.17) is 10.8 Å². The van der Waals surface area contributed by atoms with Gasteiger partial charge in [0.2, 0.25) is 0 Å². The van der Waals surface area contributed by atoms with Crippen LogP contribution in [0, 0.1) is 24.5 Å². The summed E-state index contributed by atoms with van der Waals surface area (Å²) < 4.78 is 28.5. The molecule has 0 bridgehead atoms. The Kier molecular flexibility index (Phi) is 5.99. The second kappa shape index (κ2) is 8.47. The third kappa shape index (κ3) is 4.91. The van der Waals surface area contributed by atoms with Crippen molar-refractivity contribution in [3.63, 3.8) is 0 Å². The Balaban J connectivity index is 1.92. The van der Waals surface area contributed by atoms with Crippen molar-refractivity contribution in [3.05, 3.63) is 41.2 Å². The first-order chi connectivity index (χ1) is 14.2. The second-order valence-electron chi connectivity index (χ2n) is 7.24. The number of nitrogens with one attached hydrogen (secondary N) is 3. The fourth-order valence-electron chi connectivity index (χ4n) is 3.13. The smallest absolute Gasteiger partial charge is 0.404 e. The molecule has 1 fully saturated rings. The molecule has 0 spiro atoms. The topological polar surface area (TPSA) is 142 Å². The number of aromatic nitrogens is 2. The highest BCUT2D eigenvalue weighted by atomic mass is 19.1. The van der Waals surface area contributed by atoms with Gasteiger partial charge in [-0.15, -0.1) is 0 Å². The number of halogens is 2. The zero-order valence-electron chi connectivity index (χ0n) is 16.4. The van der Waals surface area contributed by atoms with Gasteiger partial charge in [-0.05, 0) is 38.7 Å². The van der Waals surface area contributed by atoms with Crippen molar-refractivity contribution in [1.29, 1.82) is 0 Å². The summed E-state index contributed by atoms with van der Waals surface area (Å²) in [6.45, 7) is 3.16. The number of hydrogen-bond acceptors (Lipinski definition) is 6. The highest BCUT2D eigenvalue weighted by Crippen LogP contribution is 2.36. The molecular weight excluding hydrogens is 398 g/mol. The summed E-state index contributed by atoms with van der Waals surface area (Å²) in [6, 6.07) is 1.17. The van der Waals surface area contributed by atoms with Gasteiger partial charge < -0.3 is 26.8 Å². The lowest BCUT2D eigenvalue weighted by atomic mass is 10.0. The monoisotopic (exact) mass is 420 g/mol. The number of nitrogens with two attached hydrogens (primary N) is 1. The predicted octanol–water partition coefficient (Wildman–Crippen LogP) is 2.75. The van der Waals surface area contributed by atoms with E-state index in [0.29, 0.717) is 0 Å². The highest BCUT2D eigenvalue weighted by Gasteiger charge is 2.36. The van der Waals surface area contributed by atoms with Crippen LogP contribution in [0.2, 0.25) is 0 Å². The van der Waals surface area contributed by atoms with Crippen LogP contribution in [0.4, 0.5) is 30.9 Å². The standard InChI is InChI=1S/C19H22F2N6O3/c1-8-13(20)5-11(7-23-8)25-17-12(16(22)28)6-14(21)18(27-17)26-15(10-3-4-10)9(2)24-19(29)30/h5-7,9-10,15,24H,3-4H2,1-2H3,(H2,22,28)(H,29,30)(H2,25,26,27)/t9-,15-/m0/s1. The quantitative estimate of drug-likeness (QED) is 0.442. The molecule has 30 heavy (non-hydrogen) atoms. The molecule has 0 aromatic carbocycles. The van der Waals surface area contributed by atoms with E-state index in [1.54, 1.807) is 6.92 Å². The van der Waals surface area contributed by atoms with Gasteiger partial charge in [-0.2, -0.15) is 0 Å². The Labute approximate surface area is 171 Å². The third-order valence-electron chi connectivity index (χ3n) is 4.85. The zero-order valence-corrected chi connectivity index (χ0v) is 16.4. The minimum absolute atomic E-state index is 0.0788. The number of rotatable bonds is 8. The van der Waals surface area contributed by atoms with Crippen LogP contribution < -0.4 is 21.7 Å². The van der Waals surface area contributed by atoms with Crippen molar-refractivity contribution in [2.45, 2.75) is 38.8 Å².